The molecule has 12 heteroatoms. The first-order valence-electron chi connectivity index (χ1n) is 12.7. The number of halogens is 6. The summed E-state index contributed by atoms with van der Waals surface area (Å²) < 4.78 is 99.2. The van der Waals surface area contributed by atoms with Gasteiger partial charge in [-0.15, -0.1) is 0 Å². The van der Waals surface area contributed by atoms with E-state index >= 15 is 0 Å². The third kappa shape index (κ3) is 7.11. The molecule has 230 valence electrons. The van der Waals surface area contributed by atoms with Gasteiger partial charge in [-0.05, 0) is 94.9 Å². The summed E-state index contributed by atoms with van der Waals surface area (Å²) in [4.78, 5) is 12.4. The van der Waals surface area contributed by atoms with E-state index < -0.39 is 69.9 Å². The first-order chi connectivity index (χ1) is 16.8. The minimum atomic E-state index is -5.02. The highest BCUT2D eigenvalue weighted by atomic mass is 19.4. The Hall–Kier alpha value is -1.37. The molecule has 0 aromatic heterocycles. The van der Waals surface area contributed by atoms with Crippen LogP contribution in [0.2, 0.25) is 0 Å². The second-order valence-electron chi connectivity index (χ2n) is 13.1. The van der Waals surface area contributed by atoms with Crippen molar-refractivity contribution in [3.8, 4) is 0 Å². The molecule has 1 saturated carbocycles. The molecule has 0 aliphatic heterocycles. The Morgan fingerprint density at radius 2 is 1.08 bits per heavy atom. The molecule has 2 N–H and O–H groups in total. The van der Waals surface area contributed by atoms with E-state index in [2.05, 4.69) is 6.58 Å². The standard InChI is InChI=1S/C27H44F6O6/c1-15(2)19(34)37-18-14-16(20(3,4)38-22(7,8)24(11,35)26(28,29)30)13-17(18)21(5,6)39-23(9,10)25(12,36)27(31,32)33/h16-18,35-36H,1,13-14H2,2-12H3. The molecule has 1 rings (SSSR count). The summed E-state index contributed by atoms with van der Waals surface area (Å²) in [6.07, 6.45) is -10.7. The van der Waals surface area contributed by atoms with Crippen LogP contribution in [-0.2, 0) is 19.0 Å². The van der Waals surface area contributed by atoms with E-state index in [9.17, 15) is 41.4 Å². The van der Waals surface area contributed by atoms with E-state index in [1.807, 2.05) is 0 Å². The van der Waals surface area contributed by atoms with Crippen LogP contribution >= 0.6 is 0 Å². The maximum atomic E-state index is 13.6. The highest BCUT2D eigenvalue weighted by Gasteiger charge is 2.64. The number of aliphatic hydroxyl groups is 2. The zero-order valence-corrected chi connectivity index (χ0v) is 24.6. The molecule has 0 bridgehead atoms. The molecular formula is C27H44F6O6. The van der Waals surface area contributed by atoms with Crippen LogP contribution in [0.15, 0.2) is 12.2 Å². The van der Waals surface area contributed by atoms with Gasteiger partial charge in [0.2, 0.25) is 0 Å². The van der Waals surface area contributed by atoms with Crippen LogP contribution in [0, 0.1) is 11.8 Å². The first-order valence-corrected chi connectivity index (χ1v) is 12.7. The van der Waals surface area contributed by atoms with Crippen LogP contribution in [0.4, 0.5) is 26.3 Å². The summed E-state index contributed by atoms with van der Waals surface area (Å²) in [5.74, 6) is -2.06. The van der Waals surface area contributed by atoms with Crippen molar-refractivity contribution in [2.75, 3.05) is 0 Å². The predicted octanol–water partition coefficient (Wildman–Crippen LogP) is 6.27. The Bertz CT molecular complexity index is 915. The van der Waals surface area contributed by atoms with Crippen molar-refractivity contribution in [3.63, 3.8) is 0 Å². The van der Waals surface area contributed by atoms with Crippen molar-refractivity contribution >= 4 is 5.97 Å². The lowest BCUT2D eigenvalue weighted by molar-refractivity contribution is -0.332. The summed E-state index contributed by atoms with van der Waals surface area (Å²) in [5, 5.41) is 20.6. The predicted molar refractivity (Wildman–Crippen MR) is 133 cm³/mol. The zero-order valence-electron chi connectivity index (χ0n) is 24.6. The lowest BCUT2D eigenvalue weighted by Crippen LogP contribution is -2.62. The van der Waals surface area contributed by atoms with Crippen molar-refractivity contribution in [2.45, 2.75) is 141 Å². The van der Waals surface area contributed by atoms with Crippen molar-refractivity contribution < 1.29 is 55.6 Å². The van der Waals surface area contributed by atoms with E-state index in [-0.39, 0.29) is 18.4 Å². The van der Waals surface area contributed by atoms with Gasteiger partial charge in [-0.3, -0.25) is 0 Å². The van der Waals surface area contributed by atoms with E-state index in [0.717, 1.165) is 27.7 Å². The normalized spacial score (nSPS) is 25.2. The molecule has 6 nitrogen and oxygen atoms in total. The minimum Gasteiger partial charge on any atom is -0.459 e. The van der Waals surface area contributed by atoms with E-state index in [1.54, 1.807) is 0 Å². The van der Waals surface area contributed by atoms with Gasteiger partial charge in [-0.2, -0.15) is 26.3 Å². The molecule has 0 radical (unpaired) electrons. The molecule has 5 atom stereocenters. The van der Waals surface area contributed by atoms with Gasteiger partial charge in [0.25, 0.3) is 0 Å². The quantitative estimate of drug-likeness (QED) is 0.181. The van der Waals surface area contributed by atoms with Gasteiger partial charge in [0.1, 0.15) is 17.3 Å². The van der Waals surface area contributed by atoms with Crippen LogP contribution in [0.5, 0.6) is 0 Å². The van der Waals surface area contributed by atoms with Gasteiger partial charge in [-0.1, -0.05) is 6.58 Å². The Balaban J connectivity index is 3.44. The summed E-state index contributed by atoms with van der Waals surface area (Å²) in [7, 11) is 0. The van der Waals surface area contributed by atoms with Gasteiger partial charge >= 0.3 is 18.3 Å². The number of ether oxygens (including phenoxy) is 3. The number of alkyl halides is 6. The van der Waals surface area contributed by atoms with Crippen LogP contribution in [0.1, 0.15) is 89.0 Å². The van der Waals surface area contributed by atoms with Crippen molar-refractivity contribution in [2.24, 2.45) is 11.8 Å². The Labute approximate surface area is 227 Å². The lowest BCUT2D eigenvalue weighted by atomic mass is 9.80. The van der Waals surface area contributed by atoms with Crippen LogP contribution in [0.3, 0.4) is 0 Å². The molecule has 39 heavy (non-hydrogen) atoms. The molecule has 0 amide bonds. The SMILES string of the molecule is C=C(C)C(=O)OC1CC(C(C)(C)OC(C)(C)C(C)(O)C(F)(F)F)CC1C(C)(C)OC(C)(C)C(C)(O)C(F)(F)F. The van der Waals surface area contributed by atoms with E-state index in [0.29, 0.717) is 13.8 Å². The average molecular weight is 579 g/mol. The van der Waals surface area contributed by atoms with Gasteiger partial charge in [0.05, 0.1) is 11.2 Å². The summed E-state index contributed by atoms with van der Waals surface area (Å²) in [5.41, 5.74) is -13.4. The Morgan fingerprint density at radius 3 is 1.41 bits per heavy atom. The number of hydrogen-bond acceptors (Lipinski definition) is 6. The molecule has 0 spiro atoms. The smallest absolute Gasteiger partial charge is 0.419 e. The molecule has 1 aliphatic carbocycles. The number of esters is 1. The number of rotatable bonds is 10. The average Bonchev–Trinajstić information content (AvgIpc) is 3.10. The highest BCUT2D eigenvalue weighted by Crippen LogP contribution is 2.51. The lowest BCUT2D eigenvalue weighted by Gasteiger charge is -2.48. The second-order valence-corrected chi connectivity index (χ2v) is 13.1. The Kier molecular flexibility index (Phi) is 9.58. The van der Waals surface area contributed by atoms with Gasteiger partial charge in [-0.25, -0.2) is 4.79 Å². The van der Waals surface area contributed by atoms with Crippen molar-refractivity contribution in [3.05, 3.63) is 12.2 Å². The summed E-state index contributed by atoms with van der Waals surface area (Å²) in [6.45, 7) is 16.7. The van der Waals surface area contributed by atoms with Crippen molar-refractivity contribution in [1.29, 1.82) is 0 Å². The molecule has 0 aromatic carbocycles. The van der Waals surface area contributed by atoms with Gasteiger partial charge in [0, 0.05) is 11.5 Å². The maximum Gasteiger partial charge on any atom is 0.419 e. The largest absolute Gasteiger partial charge is 0.459 e. The zero-order chi connectivity index (χ0) is 31.4. The molecule has 0 heterocycles. The van der Waals surface area contributed by atoms with Crippen LogP contribution in [-0.4, -0.2) is 68.2 Å². The summed E-state index contributed by atoms with van der Waals surface area (Å²) >= 11 is 0. The first kappa shape index (κ1) is 35.7. The fourth-order valence-electron chi connectivity index (χ4n) is 5.02. The molecule has 0 saturated heterocycles. The monoisotopic (exact) mass is 578 g/mol. The number of carbonyl (C=O) groups is 1. The maximum absolute atomic E-state index is 13.6. The molecule has 1 aliphatic rings. The van der Waals surface area contributed by atoms with E-state index in [1.165, 1.54) is 34.6 Å². The fraction of sp³-hybridized carbons (Fsp3) is 0.889. The third-order valence-electron chi connectivity index (χ3n) is 8.47. The van der Waals surface area contributed by atoms with Crippen LogP contribution < -0.4 is 0 Å². The summed E-state index contributed by atoms with van der Waals surface area (Å²) in [6, 6.07) is 0. The fourth-order valence-corrected chi connectivity index (χ4v) is 5.02. The molecule has 5 unspecified atom stereocenters. The van der Waals surface area contributed by atoms with Gasteiger partial charge < -0.3 is 24.4 Å². The topological polar surface area (TPSA) is 85.2 Å². The molecular weight excluding hydrogens is 534 g/mol. The molecule has 1 fully saturated rings. The van der Waals surface area contributed by atoms with Crippen molar-refractivity contribution in [1.82, 2.24) is 0 Å². The van der Waals surface area contributed by atoms with Gasteiger partial charge in [0.15, 0.2) is 11.2 Å². The number of hydrogen-bond donors (Lipinski definition) is 2. The Morgan fingerprint density at radius 1 is 0.718 bits per heavy atom. The number of carbonyl (C=O) groups excluding carboxylic acids is 1. The third-order valence-corrected chi connectivity index (χ3v) is 8.47. The highest BCUT2D eigenvalue weighted by molar-refractivity contribution is 5.87. The minimum absolute atomic E-state index is 0.0779. The van der Waals surface area contributed by atoms with Crippen LogP contribution in [0.25, 0.3) is 0 Å². The van der Waals surface area contributed by atoms with E-state index in [4.69, 9.17) is 14.2 Å². The second kappa shape index (κ2) is 10.5. The molecule has 0 aromatic rings.